The molecule has 1 aromatic heterocycles. The lowest BCUT2D eigenvalue weighted by atomic mass is 9.99. The average molecular weight is 287 g/mol. The van der Waals surface area contributed by atoms with Crippen LogP contribution in [0.2, 0.25) is 0 Å². The molecule has 3 fully saturated rings. The van der Waals surface area contributed by atoms with Crippen LogP contribution in [0.4, 0.5) is 5.69 Å². The highest BCUT2D eigenvalue weighted by Crippen LogP contribution is 2.36. The zero-order chi connectivity index (χ0) is 14.2. The number of nitrogens with zero attached hydrogens (tertiary/aromatic N) is 2. The Kier molecular flexibility index (Phi) is 3.39. The molecule has 2 aliphatic heterocycles. The summed E-state index contributed by atoms with van der Waals surface area (Å²) in [4.78, 5) is 19.0. The highest BCUT2D eigenvalue weighted by molar-refractivity contribution is 5.93. The van der Waals surface area contributed by atoms with E-state index in [0.29, 0.717) is 0 Å². The van der Waals surface area contributed by atoms with Gasteiger partial charge in [0.1, 0.15) is 0 Å². The van der Waals surface area contributed by atoms with Crippen LogP contribution in [0.3, 0.4) is 0 Å². The molecule has 1 N–H and O–H groups in total. The third kappa shape index (κ3) is 2.94. The summed E-state index contributed by atoms with van der Waals surface area (Å²) in [6.45, 7) is 3.08. The lowest BCUT2D eigenvalue weighted by molar-refractivity contribution is -0.122. The summed E-state index contributed by atoms with van der Waals surface area (Å²) >= 11 is 0. The summed E-state index contributed by atoms with van der Waals surface area (Å²) in [5.74, 6) is 0.938. The number of hydrogen-bond donors (Lipinski definition) is 1. The number of nitrogens with one attached hydrogen (secondary N) is 1. The molecule has 112 valence electrons. The van der Waals surface area contributed by atoms with Crippen LogP contribution in [-0.2, 0) is 9.53 Å². The molecule has 3 atom stereocenters. The minimum atomic E-state index is -0.0283. The van der Waals surface area contributed by atoms with E-state index in [9.17, 15) is 4.79 Å². The zero-order valence-corrected chi connectivity index (χ0v) is 12.1. The van der Waals surface area contributed by atoms with Crippen LogP contribution in [0.15, 0.2) is 24.5 Å². The molecule has 0 radical (unpaired) electrons. The first-order chi connectivity index (χ1) is 10.3. The van der Waals surface area contributed by atoms with Gasteiger partial charge in [-0.25, -0.2) is 0 Å². The highest BCUT2D eigenvalue weighted by Gasteiger charge is 2.45. The lowest BCUT2D eigenvalue weighted by Gasteiger charge is -2.32. The first kappa shape index (κ1) is 13.2. The van der Waals surface area contributed by atoms with E-state index in [0.717, 1.165) is 31.1 Å². The largest absolute Gasteiger partial charge is 0.371 e. The topological polar surface area (TPSA) is 54.5 Å². The van der Waals surface area contributed by atoms with Crippen molar-refractivity contribution in [2.24, 2.45) is 11.8 Å². The minimum absolute atomic E-state index is 0.0283. The second kappa shape index (κ2) is 5.39. The van der Waals surface area contributed by atoms with E-state index in [1.165, 1.54) is 19.4 Å². The Morgan fingerprint density at radius 3 is 3.10 bits per heavy atom. The van der Waals surface area contributed by atoms with Gasteiger partial charge in [-0.15, -0.1) is 0 Å². The quantitative estimate of drug-likeness (QED) is 0.912. The van der Waals surface area contributed by atoms with Gasteiger partial charge >= 0.3 is 0 Å². The monoisotopic (exact) mass is 287 g/mol. The van der Waals surface area contributed by atoms with Crippen molar-refractivity contribution in [2.75, 3.05) is 25.0 Å². The van der Waals surface area contributed by atoms with Gasteiger partial charge in [-0.05, 0) is 37.3 Å². The number of likely N-dealkylation sites (tertiary alicyclic amines) is 1. The van der Waals surface area contributed by atoms with Crippen molar-refractivity contribution in [1.29, 1.82) is 0 Å². The molecule has 5 nitrogen and oxygen atoms in total. The van der Waals surface area contributed by atoms with Crippen LogP contribution >= 0.6 is 0 Å². The molecule has 3 heterocycles. The fourth-order valence-electron chi connectivity index (χ4n) is 3.50. The van der Waals surface area contributed by atoms with Crippen molar-refractivity contribution in [2.45, 2.75) is 31.5 Å². The molecule has 1 aromatic rings. The summed E-state index contributed by atoms with van der Waals surface area (Å²) in [6.07, 6.45) is 7.26. The van der Waals surface area contributed by atoms with Gasteiger partial charge in [0, 0.05) is 25.8 Å². The summed E-state index contributed by atoms with van der Waals surface area (Å²) in [6, 6.07) is 3.70. The second-order valence-corrected chi connectivity index (χ2v) is 6.53. The molecule has 1 aliphatic carbocycles. The van der Waals surface area contributed by atoms with E-state index < -0.39 is 0 Å². The zero-order valence-electron chi connectivity index (χ0n) is 12.1. The fraction of sp³-hybridized carbons (Fsp3) is 0.625. The highest BCUT2D eigenvalue weighted by atomic mass is 16.5. The normalized spacial score (nSPS) is 32.1. The van der Waals surface area contributed by atoms with E-state index in [2.05, 4.69) is 15.2 Å². The Morgan fingerprint density at radius 2 is 2.33 bits per heavy atom. The Balaban J connectivity index is 1.38. The molecule has 2 bridgehead atoms. The number of fused-ring (bicyclic) bond motifs is 2. The van der Waals surface area contributed by atoms with Crippen LogP contribution in [0.5, 0.6) is 0 Å². The second-order valence-electron chi connectivity index (χ2n) is 6.53. The first-order valence-corrected chi connectivity index (χ1v) is 7.86. The van der Waals surface area contributed by atoms with Gasteiger partial charge in [0.2, 0.25) is 5.91 Å². The van der Waals surface area contributed by atoms with Crippen LogP contribution < -0.4 is 5.32 Å². The maximum absolute atomic E-state index is 12.5. The van der Waals surface area contributed by atoms with Gasteiger partial charge in [0.15, 0.2) is 0 Å². The molecule has 0 spiro atoms. The van der Waals surface area contributed by atoms with E-state index in [1.807, 2.05) is 12.1 Å². The summed E-state index contributed by atoms with van der Waals surface area (Å²) in [5.41, 5.74) is 0.763. The molecule has 4 rings (SSSR count). The average Bonchev–Trinajstić information content (AvgIpc) is 3.24. The Morgan fingerprint density at radius 1 is 1.43 bits per heavy atom. The van der Waals surface area contributed by atoms with Crippen LogP contribution in [-0.4, -0.2) is 47.6 Å². The van der Waals surface area contributed by atoms with E-state index in [4.69, 9.17) is 4.74 Å². The number of anilines is 1. The summed E-state index contributed by atoms with van der Waals surface area (Å²) in [7, 11) is 0. The number of pyridine rings is 1. The Labute approximate surface area is 124 Å². The van der Waals surface area contributed by atoms with Gasteiger partial charge < -0.3 is 10.1 Å². The molecule has 1 amide bonds. The third-order valence-electron chi connectivity index (χ3n) is 4.71. The van der Waals surface area contributed by atoms with Crippen molar-refractivity contribution in [3.05, 3.63) is 24.5 Å². The minimum Gasteiger partial charge on any atom is -0.371 e. The number of rotatable bonds is 4. The molecule has 1 saturated carbocycles. The molecular weight excluding hydrogens is 266 g/mol. The van der Waals surface area contributed by atoms with Crippen LogP contribution in [0.25, 0.3) is 0 Å². The van der Waals surface area contributed by atoms with Gasteiger partial charge in [-0.3, -0.25) is 14.7 Å². The lowest BCUT2D eigenvalue weighted by Crippen LogP contribution is -2.45. The van der Waals surface area contributed by atoms with E-state index >= 15 is 0 Å². The van der Waals surface area contributed by atoms with Crippen LogP contribution in [0, 0.1) is 11.8 Å². The van der Waals surface area contributed by atoms with E-state index in [1.54, 1.807) is 12.4 Å². The van der Waals surface area contributed by atoms with E-state index in [-0.39, 0.29) is 24.0 Å². The number of hydrogen-bond acceptors (Lipinski definition) is 4. The molecule has 5 heteroatoms. The smallest absolute Gasteiger partial charge is 0.230 e. The summed E-state index contributed by atoms with van der Waals surface area (Å²) in [5, 5.41) is 2.96. The number of ether oxygens (including phenoxy) is 1. The first-order valence-electron chi connectivity index (χ1n) is 7.86. The molecule has 0 aromatic carbocycles. The van der Waals surface area contributed by atoms with Crippen LogP contribution in [0.1, 0.15) is 19.3 Å². The predicted molar refractivity (Wildman–Crippen MR) is 78.8 cm³/mol. The maximum Gasteiger partial charge on any atom is 0.230 e. The van der Waals surface area contributed by atoms with Crippen molar-refractivity contribution < 1.29 is 9.53 Å². The van der Waals surface area contributed by atoms with Crippen molar-refractivity contribution in [3.63, 3.8) is 0 Å². The molecule has 21 heavy (non-hydrogen) atoms. The molecule has 2 saturated heterocycles. The van der Waals surface area contributed by atoms with Crippen molar-refractivity contribution in [3.8, 4) is 0 Å². The van der Waals surface area contributed by atoms with Crippen molar-refractivity contribution >= 4 is 11.6 Å². The SMILES string of the molecule is O=C(Nc1cccnc1)[C@H]1C[C@@H]2CN(CC3CC3)C[C@H]1O2. The van der Waals surface area contributed by atoms with Gasteiger partial charge in [0.05, 0.1) is 30.0 Å². The predicted octanol–water partition coefficient (Wildman–Crippen LogP) is 1.52. The maximum atomic E-state index is 12.5. The molecule has 0 unspecified atom stereocenters. The standard InChI is InChI=1S/C16H21N3O2/c20-16(18-12-2-1-5-17-7-12)14-6-13-9-19(8-11-3-4-11)10-15(14)21-13/h1-2,5,7,11,13-15H,3-4,6,8-10H2,(H,18,20)/t13-,14+,15-/m1/s1. The number of amides is 1. The van der Waals surface area contributed by atoms with Gasteiger partial charge in [-0.2, -0.15) is 0 Å². The Bertz CT molecular complexity index is 518. The number of aromatic nitrogens is 1. The number of morpholine rings is 1. The van der Waals surface area contributed by atoms with Crippen molar-refractivity contribution in [1.82, 2.24) is 9.88 Å². The van der Waals surface area contributed by atoms with Gasteiger partial charge in [-0.1, -0.05) is 0 Å². The Hall–Kier alpha value is -1.46. The number of carbonyl (C=O) groups excluding carboxylic acids is 1. The third-order valence-corrected chi connectivity index (χ3v) is 4.71. The fourth-order valence-corrected chi connectivity index (χ4v) is 3.50. The molecule has 3 aliphatic rings. The van der Waals surface area contributed by atoms with Gasteiger partial charge in [0.25, 0.3) is 0 Å². The number of carbonyl (C=O) groups is 1. The molecular formula is C16H21N3O2. The summed E-state index contributed by atoms with van der Waals surface area (Å²) < 4.78 is 5.98.